The van der Waals surface area contributed by atoms with Crippen molar-refractivity contribution in [2.45, 2.75) is 280 Å². The predicted octanol–water partition coefficient (Wildman–Crippen LogP) is 23.1. The molecule has 0 aromatic heterocycles. The van der Waals surface area contributed by atoms with Gasteiger partial charge >= 0.3 is 0 Å². The Morgan fingerprint density at radius 1 is 0.430 bits per heavy atom. The maximum atomic E-state index is 2.85. The molecule has 0 saturated heterocycles. The van der Waals surface area contributed by atoms with Crippen LogP contribution in [0.2, 0.25) is 37.3 Å². The van der Waals surface area contributed by atoms with Crippen LogP contribution in [0.4, 0.5) is 0 Å². The molecule has 2 aromatic rings. The molecule has 79 heavy (non-hydrogen) atoms. The molecule has 0 nitrogen and oxygen atoms in total. The van der Waals surface area contributed by atoms with Gasteiger partial charge in [0.25, 0.3) is 0 Å². The zero-order valence-corrected chi connectivity index (χ0v) is 56.4. The molecule has 432 valence electrons. The number of rotatable bonds is 14. The van der Waals surface area contributed by atoms with Crippen LogP contribution in [0.15, 0.2) is 82.0 Å². The lowest BCUT2D eigenvalue weighted by molar-refractivity contribution is 0.272. The summed E-state index contributed by atoms with van der Waals surface area (Å²) >= 11 is 0. The Morgan fingerprint density at radius 2 is 0.772 bits per heavy atom. The summed E-state index contributed by atoms with van der Waals surface area (Å²) in [6.07, 6.45) is 44.0. The van der Waals surface area contributed by atoms with Gasteiger partial charge in [0.2, 0.25) is 0 Å². The monoisotopic (exact) mass is 1100 g/mol. The summed E-state index contributed by atoms with van der Waals surface area (Å²) in [4.78, 5) is 0. The van der Waals surface area contributed by atoms with Gasteiger partial charge < -0.3 is 0 Å². The maximum absolute atomic E-state index is 2.85. The summed E-state index contributed by atoms with van der Waals surface area (Å²) < 4.78 is 0. The topological polar surface area (TPSA) is 0 Å². The van der Waals surface area contributed by atoms with E-state index in [1.165, 1.54) is 135 Å². The number of benzene rings is 2. The average Bonchev–Trinajstić information content (AvgIpc) is 3.22. The van der Waals surface area contributed by atoms with Crippen LogP contribution in [0.25, 0.3) is 12.2 Å². The van der Waals surface area contributed by atoms with Gasteiger partial charge in [-0.1, -0.05) is 213 Å². The van der Waals surface area contributed by atoms with E-state index < -0.39 is 16.1 Å². The molecule has 0 spiro atoms. The first kappa shape index (κ1) is 59.5. The molecule has 0 amide bonds. The molecule has 2 fully saturated rings. The molecular weight excluding hydrogens is 981 g/mol. The minimum absolute atomic E-state index is 0.484. The van der Waals surface area contributed by atoms with E-state index in [1.54, 1.807) is 66.8 Å². The van der Waals surface area contributed by atoms with Gasteiger partial charge in [-0.3, -0.25) is 0 Å². The fourth-order valence-electron chi connectivity index (χ4n) is 21.5. The highest BCUT2D eigenvalue weighted by Gasteiger charge is 2.60. The third-order valence-electron chi connectivity index (χ3n) is 26.5. The quantitative estimate of drug-likeness (QED) is 0.165. The predicted molar refractivity (Wildman–Crippen MR) is 353 cm³/mol. The van der Waals surface area contributed by atoms with Crippen molar-refractivity contribution in [3.63, 3.8) is 0 Å². The van der Waals surface area contributed by atoms with Crippen molar-refractivity contribution in [2.75, 3.05) is 0 Å². The van der Waals surface area contributed by atoms with Crippen LogP contribution < -0.4 is 0 Å². The molecule has 10 aliphatic rings. The van der Waals surface area contributed by atoms with Crippen molar-refractivity contribution in [1.29, 1.82) is 0 Å². The minimum atomic E-state index is -1.81. The van der Waals surface area contributed by atoms with Crippen LogP contribution in [0.3, 0.4) is 0 Å². The summed E-state index contributed by atoms with van der Waals surface area (Å²) in [5, 5.41) is 0. The highest BCUT2D eigenvalue weighted by molar-refractivity contribution is 6.82. The van der Waals surface area contributed by atoms with Gasteiger partial charge in [-0.25, -0.2) is 0 Å². The number of allylic oxidation sites excluding steroid dienone is 10. The van der Waals surface area contributed by atoms with Gasteiger partial charge in [0, 0.05) is 11.1 Å². The van der Waals surface area contributed by atoms with E-state index in [-0.39, 0.29) is 0 Å². The summed E-state index contributed by atoms with van der Waals surface area (Å²) in [6.45, 7) is 45.1. The molecule has 2 heteroatoms. The van der Waals surface area contributed by atoms with E-state index in [0.717, 1.165) is 46.6 Å². The zero-order valence-electron chi connectivity index (χ0n) is 54.4. The van der Waals surface area contributed by atoms with Gasteiger partial charge in [0.05, 0.1) is 16.1 Å². The molecule has 0 radical (unpaired) electrons. The second-order valence-corrected chi connectivity index (χ2v) is 40.5. The Balaban J connectivity index is 0.000000170. The largest absolute Gasteiger partial charge is 0.0805 e. The molecule has 0 bridgehead atoms. The van der Waals surface area contributed by atoms with E-state index in [4.69, 9.17) is 0 Å². The Labute approximate surface area is 489 Å². The Hall–Kier alpha value is -2.69. The molecule has 0 aliphatic heterocycles. The van der Waals surface area contributed by atoms with Gasteiger partial charge in [0.15, 0.2) is 0 Å². The SMILES string of the molecule is CCC.CCC1(CC)CC2=C(C1)C1CC(C)C([Si](C)(C)C3C(C)CC4C5=C(C=CC43)CC(CC)(CC)C5)C1C=C2.CCC1=Cc2c(ccc3c2CC(CC)(CC)C3)C1[Si](C)(C)C1C(CC)=Cc2c1ccc1c2CC(CC)(CC)C1. The van der Waals surface area contributed by atoms with Crippen molar-refractivity contribution in [2.24, 2.45) is 57.2 Å². The highest BCUT2D eigenvalue weighted by atomic mass is 28.3. The van der Waals surface area contributed by atoms with Crippen molar-refractivity contribution in [1.82, 2.24) is 0 Å². The molecular formula is C77H116Si2. The third-order valence-corrected chi connectivity index (χ3v) is 36.2. The van der Waals surface area contributed by atoms with Gasteiger partial charge in [0.1, 0.15) is 0 Å². The highest BCUT2D eigenvalue weighted by Crippen LogP contribution is 2.68. The van der Waals surface area contributed by atoms with E-state index in [0.29, 0.717) is 32.7 Å². The van der Waals surface area contributed by atoms with Gasteiger partial charge in [-0.2, -0.15) is 0 Å². The molecule has 10 aliphatic carbocycles. The number of hydrogen-bond acceptors (Lipinski definition) is 0. The molecule has 0 N–H and O–H groups in total. The lowest BCUT2D eigenvalue weighted by Crippen LogP contribution is -2.45. The first-order valence-corrected chi connectivity index (χ1v) is 40.5. The first-order chi connectivity index (χ1) is 37.7. The summed E-state index contributed by atoms with van der Waals surface area (Å²) in [5.41, 5.74) is 29.4. The fraction of sp³-hybridized carbons (Fsp3) is 0.688. The van der Waals surface area contributed by atoms with Gasteiger partial charge in [-0.05, 0) is 252 Å². The summed E-state index contributed by atoms with van der Waals surface area (Å²) in [6, 6.07) is 10.3. The van der Waals surface area contributed by atoms with Gasteiger partial charge in [-0.15, -0.1) is 0 Å². The summed E-state index contributed by atoms with van der Waals surface area (Å²) in [5.74, 6) is 5.15. The van der Waals surface area contributed by atoms with E-state index in [9.17, 15) is 0 Å². The Bertz CT molecular complexity index is 2610. The Morgan fingerprint density at radius 3 is 1.10 bits per heavy atom. The molecule has 10 atom stereocenters. The molecule has 2 saturated carbocycles. The third kappa shape index (κ3) is 9.60. The summed E-state index contributed by atoms with van der Waals surface area (Å²) in [7, 11) is -3.33. The zero-order chi connectivity index (χ0) is 56.8. The first-order valence-electron chi connectivity index (χ1n) is 34.2. The standard InChI is InChI=1S/C38H52Si.C36H56Si.C3H8/c1-9-25-19-31-29(17-15-27-21-37(11-3,12-4)23-33(27)31)35(25)39(7,8)36-26(10-2)20-32-30(36)18-16-28-22-38(13-5,14-6)24-34(28)32;1-9-35(10-2)19-25-13-15-27-29(31(25)21-35)17-23(5)33(27)37(7,8)34-24(6)18-30-28(34)16-14-26-20-36(11-3,12-4)22-32(26)30;1-3-2/h15-20,35-36H,9-14,21-24H2,1-8H3;13-16,23-24,27-30,33-34H,9-12,17-22H2,1-8H3;3H2,1-2H3. The van der Waals surface area contributed by atoms with Crippen molar-refractivity contribution in [3.05, 3.63) is 127 Å². The smallest absolute Gasteiger partial charge is 0.0722 e. The normalized spacial score (nSPS) is 31.3. The van der Waals surface area contributed by atoms with E-state index in [1.807, 2.05) is 11.1 Å². The van der Waals surface area contributed by atoms with Crippen LogP contribution in [-0.4, -0.2) is 16.1 Å². The second-order valence-electron chi connectivity index (χ2n) is 30.7. The van der Waals surface area contributed by atoms with Crippen molar-refractivity contribution in [3.8, 4) is 0 Å². The average molecular weight is 1100 g/mol. The lowest BCUT2D eigenvalue weighted by atomic mass is 9.77. The van der Waals surface area contributed by atoms with Crippen LogP contribution >= 0.6 is 0 Å². The minimum Gasteiger partial charge on any atom is -0.0805 e. The maximum Gasteiger partial charge on any atom is 0.0722 e. The molecule has 12 rings (SSSR count). The Kier molecular flexibility index (Phi) is 16.9. The fourth-order valence-corrected chi connectivity index (χ4v) is 32.8. The van der Waals surface area contributed by atoms with Crippen LogP contribution in [0.1, 0.15) is 262 Å². The second kappa shape index (κ2) is 22.4. The van der Waals surface area contributed by atoms with Crippen LogP contribution in [0.5, 0.6) is 0 Å². The van der Waals surface area contributed by atoms with E-state index >= 15 is 0 Å². The number of fused-ring (bicyclic) bond motifs is 10. The van der Waals surface area contributed by atoms with Crippen molar-refractivity contribution >= 4 is 28.3 Å². The molecule has 2 aromatic carbocycles. The molecule has 0 heterocycles. The number of hydrogen-bond donors (Lipinski definition) is 0. The lowest BCUT2D eigenvalue weighted by Gasteiger charge is -2.46. The van der Waals surface area contributed by atoms with Crippen LogP contribution in [-0.2, 0) is 25.7 Å². The van der Waals surface area contributed by atoms with Crippen molar-refractivity contribution < 1.29 is 0 Å². The van der Waals surface area contributed by atoms with E-state index in [2.05, 4.69) is 184 Å². The van der Waals surface area contributed by atoms with Crippen LogP contribution in [0, 0.1) is 57.2 Å². The molecule has 10 unspecified atom stereocenters.